The van der Waals surface area contributed by atoms with Crippen molar-refractivity contribution in [1.29, 1.82) is 0 Å². The SMILES string of the molecule is CCCC[C@](C)(CNC(C)=O)Nc1nc(NCc2ccc(OC)cc2OC)nc2ccsc12. The summed E-state index contributed by atoms with van der Waals surface area (Å²) in [5.41, 5.74) is 1.52. The van der Waals surface area contributed by atoms with Gasteiger partial charge in [0.2, 0.25) is 11.9 Å². The summed E-state index contributed by atoms with van der Waals surface area (Å²) in [6.07, 6.45) is 3.03. The predicted molar refractivity (Wildman–Crippen MR) is 135 cm³/mol. The second kappa shape index (κ2) is 11.2. The molecule has 1 amide bonds. The first kappa shape index (κ1) is 24.6. The molecule has 9 heteroatoms. The summed E-state index contributed by atoms with van der Waals surface area (Å²) < 4.78 is 11.8. The van der Waals surface area contributed by atoms with E-state index in [1.54, 1.807) is 25.6 Å². The van der Waals surface area contributed by atoms with Crippen LogP contribution in [0.25, 0.3) is 10.2 Å². The molecule has 0 unspecified atom stereocenters. The van der Waals surface area contributed by atoms with Gasteiger partial charge in [-0.1, -0.05) is 19.8 Å². The standard InChI is InChI=1S/C24H33N5O3S/c1-6-7-11-24(3,15-26-16(2)30)29-22-21-19(10-12-33-21)27-23(28-22)25-14-17-8-9-18(31-4)13-20(17)32-5/h8-10,12-13H,6-7,11,14-15H2,1-5H3,(H,26,30)(H2,25,27,28,29)/t24-/m1/s1. The number of hydrogen-bond donors (Lipinski definition) is 3. The highest BCUT2D eigenvalue weighted by atomic mass is 32.1. The van der Waals surface area contributed by atoms with E-state index in [2.05, 4.69) is 34.8 Å². The smallest absolute Gasteiger partial charge is 0.225 e. The number of hydrogen-bond acceptors (Lipinski definition) is 8. The predicted octanol–water partition coefficient (Wildman–Crippen LogP) is 4.82. The fourth-order valence-electron chi connectivity index (χ4n) is 3.57. The summed E-state index contributed by atoms with van der Waals surface area (Å²) in [6, 6.07) is 7.70. The molecule has 33 heavy (non-hydrogen) atoms. The monoisotopic (exact) mass is 471 g/mol. The number of rotatable bonds is 12. The van der Waals surface area contributed by atoms with Gasteiger partial charge in [-0.3, -0.25) is 4.79 Å². The number of aromatic nitrogens is 2. The second-order valence-electron chi connectivity index (χ2n) is 8.26. The highest BCUT2D eigenvalue weighted by Gasteiger charge is 2.26. The van der Waals surface area contributed by atoms with Crippen LogP contribution in [-0.2, 0) is 11.3 Å². The van der Waals surface area contributed by atoms with E-state index in [-0.39, 0.29) is 11.4 Å². The van der Waals surface area contributed by atoms with Gasteiger partial charge in [0.15, 0.2) is 0 Å². The van der Waals surface area contributed by atoms with Crippen LogP contribution in [0.4, 0.5) is 11.8 Å². The van der Waals surface area contributed by atoms with Crippen molar-refractivity contribution in [2.75, 3.05) is 31.4 Å². The second-order valence-corrected chi connectivity index (χ2v) is 9.18. The third-order valence-electron chi connectivity index (χ3n) is 5.46. The van der Waals surface area contributed by atoms with Crippen molar-refractivity contribution in [2.24, 2.45) is 0 Å². The first-order chi connectivity index (χ1) is 15.9. The number of fused-ring (bicyclic) bond motifs is 1. The van der Waals surface area contributed by atoms with Gasteiger partial charge in [-0.15, -0.1) is 11.3 Å². The van der Waals surface area contributed by atoms with Crippen LogP contribution in [0, 0.1) is 0 Å². The van der Waals surface area contributed by atoms with Crippen LogP contribution in [0.5, 0.6) is 11.5 Å². The lowest BCUT2D eigenvalue weighted by Crippen LogP contribution is -2.46. The van der Waals surface area contributed by atoms with Crippen molar-refractivity contribution >= 4 is 39.2 Å². The Morgan fingerprint density at radius 3 is 2.70 bits per heavy atom. The summed E-state index contributed by atoms with van der Waals surface area (Å²) in [6.45, 7) is 6.84. The summed E-state index contributed by atoms with van der Waals surface area (Å²) in [4.78, 5) is 21.0. The van der Waals surface area contributed by atoms with Gasteiger partial charge in [-0.2, -0.15) is 4.98 Å². The number of methoxy groups -OCH3 is 2. The fraction of sp³-hybridized carbons (Fsp3) is 0.458. The average molecular weight is 472 g/mol. The molecule has 0 bridgehead atoms. The van der Waals surface area contributed by atoms with Gasteiger partial charge >= 0.3 is 0 Å². The van der Waals surface area contributed by atoms with Gasteiger partial charge in [-0.25, -0.2) is 4.98 Å². The van der Waals surface area contributed by atoms with Crippen molar-refractivity contribution < 1.29 is 14.3 Å². The molecule has 0 aliphatic carbocycles. The van der Waals surface area contributed by atoms with E-state index in [4.69, 9.17) is 14.5 Å². The van der Waals surface area contributed by atoms with E-state index in [0.717, 1.165) is 52.4 Å². The molecule has 0 aliphatic rings. The summed E-state index contributed by atoms with van der Waals surface area (Å²) >= 11 is 1.60. The lowest BCUT2D eigenvalue weighted by Gasteiger charge is -2.32. The van der Waals surface area contributed by atoms with E-state index < -0.39 is 0 Å². The Morgan fingerprint density at radius 2 is 2.00 bits per heavy atom. The molecule has 0 fully saturated rings. The van der Waals surface area contributed by atoms with Crippen molar-refractivity contribution in [1.82, 2.24) is 15.3 Å². The number of benzene rings is 1. The van der Waals surface area contributed by atoms with Crippen molar-refractivity contribution in [3.05, 3.63) is 35.2 Å². The van der Waals surface area contributed by atoms with Crippen LogP contribution in [0.2, 0.25) is 0 Å². The molecule has 3 rings (SSSR count). The molecule has 0 aliphatic heterocycles. The van der Waals surface area contributed by atoms with Crippen LogP contribution >= 0.6 is 11.3 Å². The van der Waals surface area contributed by atoms with E-state index in [0.29, 0.717) is 19.0 Å². The minimum absolute atomic E-state index is 0.0423. The molecule has 0 saturated carbocycles. The van der Waals surface area contributed by atoms with Crippen LogP contribution in [-0.4, -0.2) is 42.2 Å². The Balaban J connectivity index is 1.85. The highest BCUT2D eigenvalue weighted by Crippen LogP contribution is 2.31. The summed E-state index contributed by atoms with van der Waals surface area (Å²) in [7, 11) is 3.27. The van der Waals surface area contributed by atoms with Gasteiger partial charge in [0, 0.05) is 31.6 Å². The Kier molecular flexibility index (Phi) is 8.32. The lowest BCUT2D eigenvalue weighted by molar-refractivity contribution is -0.119. The van der Waals surface area contributed by atoms with Gasteiger partial charge in [0.25, 0.3) is 0 Å². The van der Waals surface area contributed by atoms with E-state index in [1.807, 2.05) is 29.6 Å². The number of carbonyl (C=O) groups is 1. The maximum absolute atomic E-state index is 11.6. The molecular formula is C24H33N5O3S. The zero-order valence-electron chi connectivity index (χ0n) is 19.9. The molecule has 3 N–H and O–H groups in total. The summed E-state index contributed by atoms with van der Waals surface area (Å²) in [5, 5.41) is 11.9. The quantitative estimate of drug-likeness (QED) is 0.348. The van der Waals surface area contributed by atoms with Gasteiger partial charge in [0.05, 0.1) is 30.0 Å². The van der Waals surface area contributed by atoms with Crippen LogP contribution < -0.4 is 25.4 Å². The van der Waals surface area contributed by atoms with Crippen LogP contribution in [0.15, 0.2) is 29.6 Å². The van der Waals surface area contributed by atoms with Crippen molar-refractivity contribution in [2.45, 2.75) is 52.1 Å². The molecule has 0 spiro atoms. The molecule has 8 nitrogen and oxygen atoms in total. The number of thiophene rings is 1. The minimum atomic E-state index is -0.330. The summed E-state index contributed by atoms with van der Waals surface area (Å²) in [5.74, 6) is 2.73. The number of anilines is 2. The zero-order valence-corrected chi connectivity index (χ0v) is 20.8. The number of unbranched alkanes of at least 4 members (excludes halogenated alkanes) is 1. The average Bonchev–Trinajstić information content (AvgIpc) is 3.29. The normalized spacial score (nSPS) is 12.8. The molecule has 2 heterocycles. The molecule has 3 aromatic rings. The third-order valence-corrected chi connectivity index (χ3v) is 6.37. The van der Waals surface area contributed by atoms with Crippen molar-refractivity contribution in [3.8, 4) is 11.5 Å². The van der Waals surface area contributed by atoms with Crippen LogP contribution in [0.3, 0.4) is 0 Å². The Morgan fingerprint density at radius 1 is 1.18 bits per heavy atom. The maximum Gasteiger partial charge on any atom is 0.225 e. The number of nitrogens with zero attached hydrogens (tertiary/aromatic N) is 2. The Bertz CT molecular complexity index is 1090. The fourth-order valence-corrected chi connectivity index (χ4v) is 4.34. The van der Waals surface area contributed by atoms with E-state index >= 15 is 0 Å². The molecule has 1 aromatic carbocycles. The first-order valence-electron chi connectivity index (χ1n) is 11.1. The number of amides is 1. The van der Waals surface area contributed by atoms with Gasteiger partial charge in [0.1, 0.15) is 17.3 Å². The number of ether oxygens (including phenoxy) is 2. The van der Waals surface area contributed by atoms with Crippen molar-refractivity contribution in [3.63, 3.8) is 0 Å². The molecule has 0 radical (unpaired) electrons. The topological polar surface area (TPSA) is 97.4 Å². The zero-order chi connectivity index (χ0) is 23.8. The third kappa shape index (κ3) is 6.47. The Labute approximate surface area is 199 Å². The lowest BCUT2D eigenvalue weighted by atomic mass is 9.94. The number of carbonyl (C=O) groups excluding carboxylic acids is 1. The number of nitrogens with one attached hydrogen (secondary N) is 3. The van der Waals surface area contributed by atoms with E-state index in [1.165, 1.54) is 6.92 Å². The minimum Gasteiger partial charge on any atom is -0.497 e. The molecule has 178 valence electrons. The largest absolute Gasteiger partial charge is 0.497 e. The Hall–Kier alpha value is -3.07. The molecule has 1 atom stereocenters. The first-order valence-corrected chi connectivity index (χ1v) is 12.0. The van der Waals surface area contributed by atoms with E-state index in [9.17, 15) is 4.79 Å². The van der Waals surface area contributed by atoms with Crippen LogP contribution in [0.1, 0.15) is 45.6 Å². The molecule has 0 saturated heterocycles. The maximum atomic E-state index is 11.6. The highest BCUT2D eigenvalue weighted by molar-refractivity contribution is 7.17. The van der Waals surface area contributed by atoms with Gasteiger partial charge < -0.3 is 25.4 Å². The van der Waals surface area contributed by atoms with Gasteiger partial charge in [-0.05, 0) is 36.9 Å². The molecular weight excluding hydrogens is 438 g/mol. The molecule has 2 aromatic heterocycles.